The largest absolute Gasteiger partial charge is 0.337 e. The Hall–Kier alpha value is -3.36. The molecule has 0 bridgehead atoms. The van der Waals surface area contributed by atoms with Gasteiger partial charge in [0.05, 0.1) is 5.69 Å². The van der Waals surface area contributed by atoms with E-state index < -0.39 is 0 Å². The molecule has 1 saturated heterocycles. The van der Waals surface area contributed by atoms with Gasteiger partial charge >= 0.3 is 0 Å². The van der Waals surface area contributed by atoms with Crippen LogP contribution in [0.2, 0.25) is 0 Å². The summed E-state index contributed by atoms with van der Waals surface area (Å²) < 4.78 is 0. The van der Waals surface area contributed by atoms with E-state index in [1.807, 2.05) is 18.2 Å². The van der Waals surface area contributed by atoms with Crippen LogP contribution < -0.4 is 4.90 Å². The maximum absolute atomic E-state index is 12.3. The summed E-state index contributed by atoms with van der Waals surface area (Å²) in [4.78, 5) is 33.1. The number of H-pyrrole nitrogens is 1. The van der Waals surface area contributed by atoms with Gasteiger partial charge in [-0.25, -0.2) is 15.0 Å². The van der Waals surface area contributed by atoms with Crippen molar-refractivity contribution in [1.29, 1.82) is 0 Å². The second-order valence-electron chi connectivity index (χ2n) is 5.59. The number of anilines is 1. The normalized spacial score (nSPS) is 14.6. The van der Waals surface area contributed by atoms with E-state index in [2.05, 4.69) is 35.0 Å². The molecule has 0 unspecified atom stereocenters. The Kier molecular flexibility index (Phi) is 4.03. The van der Waals surface area contributed by atoms with Crippen LogP contribution in [0.15, 0.2) is 43.1 Å². The van der Waals surface area contributed by atoms with Crippen LogP contribution in [-0.4, -0.2) is 67.1 Å². The second kappa shape index (κ2) is 6.63. The van der Waals surface area contributed by atoms with Crippen LogP contribution in [0.25, 0.3) is 11.3 Å². The van der Waals surface area contributed by atoms with Crippen molar-refractivity contribution in [2.45, 2.75) is 0 Å². The molecule has 4 heterocycles. The van der Waals surface area contributed by atoms with Crippen molar-refractivity contribution in [3.8, 4) is 11.3 Å². The van der Waals surface area contributed by atoms with Crippen molar-refractivity contribution in [3.63, 3.8) is 0 Å². The van der Waals surface area contributed by atoms with Crippen molar-refractivity contribution < 1.29 is 4.79 Å². The Morgan fingerprint density at radius 2 is 1.80 bits per heavy atom. The maximum Gasteiger partial charge on any atom is 0.291 e. The predicted octanol–water partition coefficient (Wildman–Crippen LogP) is 0.619. The standard InChI is InChI=1S/C16H16N8O/c25-15(14-19-11-20-22-14)23-7-9-24(10-8-23)16-18-6-3-13(21-16)12-1-4-17-5-2-12/h1-6,11H,7-10H2,(H,19,20,22). The molecule has 0 spiro atoms. The molecule has 0 aromatic carbocycles. The first-order chi connectivity index (χ1) is 12.3. The highest BCUT2D eigenvalue weighted by Gasteiger charge is 2.25. The molecule has 4 rings (SSSR count). The molecular formula is C16H16N8O. The van der Waals surface area contributed by atoms with E-state index in [0.29, 0.717) is 32.1 Å². The summed E-state index contributed by atoms with van der Waals surface area (Å²) in [6.07, 6.45) is 6.57. The summed E-state index contributed by atoms with van der Waals surface area (Å²) in [7, 11) is 0. The lowest BCUT2D eigenvalue weighted by molar-refractivity contribution is 0.0734. The van der Waals surface area contributed by atoms with Crippen molar-refractivity contribution >= 4 is 11.9 Å². The fourth-order valence-corrected chi connectivity index (χ4v) is 2.75. The van der Waals surface area contributed by atoms with Crippen LogP contribution >= 0.6 is 0 Å². The Bertz CT molecular complexity index is 844. The predicted molar refractivity (Wildman–Crippen MR) is 89.8 cm³/mol. The fraction of sp³-hybridized carbons (Fsp3) is 0.250. The van der Waals surface area contributed by atoms with Gasteiger partial charge in [-0.1, -0.05) is 0 Å². The highest BCUT2D eigenvalue weighted by atomic mass is 16.2. The zero-order chi connectivity index (χ0) is 17.1. The Morgan fingerprint density at radius 3 is 2.52 bits per heavy atom. The van der Waals surface area contributed by atoms with E-state index in [-0.39, 0.29) is 11.7 Å². The lowest BCUT2D eigenvalue weighted by atomic mass is 10.2. The molecule has 0 atom stereocenters. The van der Waals surface area contributed by atoms with Crippen LogP contribution in [0.5, 0.6) is 0 Å². The number of hydrogen-bond acceptors (Lipinski definition) is 7. The van der Waals surface area contributed by atoms with Gasteiger partial charge in [-0.15, -0.1) is 0 Å². The molecule has 1 aliphatic rings. The molecule has 1 aliphatic heterocycles. The number of nitrogens with one attached hydrogen (secondary N) is 1. The molecule has 1 amide bonds. The molecule has 1 N–H and O–H groups in total. The number of aromatic nitrogens is 6. The average molecular weight is 336 g/mol. The first-order valence-corrected chi connectivity index (χ1v) is 7.94. The average Bonchev–Trinajstić information content (AvgIpc) is 3.23. The minimum absolute atomic E-state index is 0.136. The number of nitrogens with zero attached hydrogens (tertiary/aromatic N) is 7. The summed E-state index contributed by atoms with van der Waals surface area (Å²) in [5, 5.41) is 6.33. The number of carbonyl (C=O) groups is 1. The van der Waals surface area contributed by atoms with E-state index in [9.17, 15) is 4.79 Å². The minimum Gasteiger partial charge on any atom is -0.337 e. The van der Waals surface area contributed by atoms with Gasteiger partial charge in [-0.05, 0) is 18.2 Å². The highest BCUT2D eigenvalue weighted by molar-refractivity contribution is 5.90. The molecule has 25 heavy (non-hydrogen) atoms. The van der Waals surface area contributed by atoms with Crippen LogP contribution in [0.3, 0.4) is 0 Å². The number of hydrogen-bond donors (Lipinski definition) is 1. The van der Waals surface area contributed by atoms with Gasteiger partial charge in [-0.3, -0.25) is 14.9 Å². The van der Waals surface area contributed by atoms with Crippen molar-refractivity contribution in [1.82, 2.24) is 35.0 Å². The van der Waals surface area contributed by atoms with Crippen LogP contribution in [0.1, 0.15) is 10.6 Å². The highest BCUT2D eigenvalue weighted by Crippen LogP contribution is 2.19. The lowest BCUT2D eigenvalue weighted by Crippen LogP contribution is -2.49. The van der Waals surface area contributed by atoms with Crippen LogP contribution in [0, 0.1) is 0 Å². The molecule has 3 aromatic heterocycles. The van der Waals surface area contributed by atoms with E-state index in [0.717, 1.165) is 11.3 Å². The monoisotopic (exact) mass is 336 g/mol. The maximum atomic E-state index is 12.3. The van der Waals surface area contributed by atoms with Crippen molar-refractivity contribution in [3.05, 3.63) is 48.9 Å². The number of piperazine rings is 1. The number of amides is 1. The molecule has 0 aliphatic carbocycles. The zero-order valence-electron chi connectivity index (χ0n) is 13.4. The summed E-state index contributed by atoms with van der Waals surface area (Å²) in [6.45, 7) is 2.50. The van der Waals surface area contributed by atoms with Gasteiger partial charge in [0.2, 0.25) is 11.8 Å². The molecule has 0 radical (unpaired) electrons. The third-order valence-electron chi connectivity index (χ3n) is 4.09. The van der Waals surface area contributed by atoms with Gasteiger partial charge in [0.1, 0.15) is 6.33 Å². The number of pyridine rings is 1. The molecular weight excluding hydrogens is 320 g/mol. The van der Waals surface area contributed by atoms with E-state index in [4.69, 9.17) is 0 Å². The Balaban J connectivity index is 1.45. The summed E-state index contributed by atoms with van der Waals surface area (Å²) in [5.74, 6) is 0.800. The first-order valence-electron chi connectivity index (χ1n) is 7.94. The van der Waals surface area contributed by atoms with Gasteiger partial charge < -0.3 is 9.80 Å². The van der Waals surface area contributed by atoms with Gasteiger partial charge in [0.25, 0.3) is 5.91 Å². The van der Waals surface area contributed by atoms with Crippen molar-refractivity contribution in [2.24, 2.45) is 0 Å². The van der Waals surface area contributed by atoms with Gasteiger partial charge in [0.15, 0.2) is 0 Å². The molecule has 3 aromatic rings. The molecule has 126 valence electrons. The second-order valence-corrected chi connectivity index (χ2v) is 5.59. The number of aromatic amines is 1. The van der Waals surface area contributed by atoms with E-state index in [1.165, 1.54) is 6.33 Å². The topological polar surface area (TPSA) is 104 Å². The third kappa shape index (κ3) is 3.16. The molecule has 0 saturated carbocycles. The molecule has 9 nitrogen and oxygen atoms in total. The van der Waals surface area contributed by atoms with E-state index >= 15 is 0 Å². The number of carbonyl (C=O) groups excluding carboxylic acids is 1. The Morgan fingerprint density at radius 1 is 1.00 bits per heavy atom. The smallest absolute Gasteiger partial charge is 0.291 e. The minimum atomic E-state index is -0.136. The molecule has 9 heteroatoms. The van der Waals surface area contributed by atoms with E-state index in [1.54, 1.807) is 23.5 Å². The number of rotatable bonds is 3. The van der Waals surface area contributed by atoms with Crippen molar-refractivity contribution in [2.75, 3.05) is 31.1 Å². The quantitative estimate of drug-likeness (QED) is 0.747. The summed E-state index contributed by atoms with van der Waals surface area (Å²) in [5.41, 5.74) is 1.85. The zero-order valence-corrected chi connectivity index (χ0v) is 13.4. The first kappa shape index (κ1) is 15.2. The Labute approximate surface area is 143 Å². The van der Waals surface area contributed by atoms with Gasteiger partial charge in [0, 0.05) is 50.3 Å². The SMILES string of the molecule is O=C(c1ncn[nH]1)N1CCN(c2nccc(-c3ccncc3)n2)CC1. The van der Waals surface area contributed by atoms with Gasteiger partial charge in [-0.2, -0.15) is 5.10 Å². The third-order valence-corrected chi connectivity index (χ3v) is 4.09. The van der Waals surface area contributed by atoms with Crippen LogP contribution in [-0.2, 0) is 0 Å². The lowest BCUT2D eigenvalue weighted by Gasteiger charge is -2.34. The fourth-order valence-electron chi connectivity index (χ4n) is 2.75. The van der Waals surface area contributed by atoms with Crippen LogP contribution in [0.4, 0.5) is 5.95 Å². The summed E-state index contributed by atoms with van der Waals surface area (Å²) >= 11 is 0. The molecule has 1 fully saturated rings. The summed E-state index contributed by atoms with van der Waals surface area (Å²) in [6, 6.07) is 5.71.